The number of hydrogen-bond donors (Lipinski definition) is 0. The van der Waals surface area contributed by atoms with Gasteiger partial charge in [-0.25, -0.2) is 4.39 Å². The first-order chi connectivity index (χ1) is 6.59. The fourth-order valence-electron chi connectivity index (χ4n) is 1.13. The zero-order valence-corrected chi connectivity index (χ0v) is 9.01. The number of aryl methyl sites for hydroxylation is 1. The molecule has 1 nitrogen and oxygen atoms in total. The molecular weight excluding hydrogens is 179 g/mol. The lowest BCUT2D eigenvalue weighted by Crippen LogP contribution is -2.02. The predicted molar refractivity (Wildman–Crippen MR) is 56.1 cm³/mol. The van der Waals surface area contributed by atoms with Crippen molar-refractivity contribution in [3.63, 3.8) is 0 Å². The fraction of sp³-hybridized carbons (Fsp3) is 0.500. The zero-order valence-electron chi connectivity index (χ0n) is 9.01. The second-order valence-electron chi connectivity index (χ2n) is 3.96. The molecule has 14 heavy (non-hydrogen) atoms. The molecule has 0 aliphatic rings. The Kier molecular flexibility index (Phi) is 3.93. The van der Waals surface area contributed by atoms with E-state index in [1.54, 1.807) is 12.1 Å². The van der Waals surface area contributed by atoms with E-state index < -0.39 is 0 Å². The van der Waals surface area contributed by atoms with Gasteiger partial charge in [0.2, 0.25) is 0 Å². The van der Waals surface area contributed by atoms with Gasteiger partial charge in [-0.3, -0.25) is 0 Å². The second-order valence-corrected chi connectivity index (χ2v) is 3.96. The summed E-state index contributed by atoms with van der Waals surface area (Å²) in [6, 6.07) is 4.92. The van der Waals surface area contributed by atoms with E-state index in [9.17, 15) is 4.39 Å². The Morgan fingerprint density at radius 3 is 2.71 bits per heavy atom. The lowest BCUT2D eigenvalue weighted by atomic mass is 10.1. The number of hydrogen-bond acceptors (Lipinski definition) is 1. The van der Waals surface area contributed by atoms with Gasteiger partial charge in [-0.05, 0) is 37.0 Å². The maximum absolute atomic E-state index is 13.2. The smallest absolute Gasteiger partial charge is 0.165 e. The van der Waals surface area contributed by atoms with E-state index in [2.05, 4.69) is 13.8 Å². The van der Waals surface area contributed by atoms with Crippen molar-refractivity contribution < 1.29 is 9.13 Å². The zero-order chi connectivity index (χ0) is 10.6. The van der Waals surface area contributed by atoms with E-state index in [1.807, 2.05) is 6.92 Å². The van der Waals surface area contributed by atoms with E-state index in [1.165, 1.54) is 6.07 Å². The average molecular weight is 196 g/mol. The first kappa shape index (κ1) is 11.0. The van der Waals surface area contributed by atoms with Gasteiger partial charge in [-0.15, -0.1) is 0 Å². The van der Waals surface area contributed by atoms with Crippen LogP contribution in [0, 0.1) is 18.7 Å². The van der Waals surface area contributed by atoms with Gasteiger partial charge in [0.25, 0.3) is 0 Å². The second kappa shape index (κ2) is 4.99. The molecule has 0 atom stereocenters. The van der Waals surface area contributed by atoms with E-state index in [0.717, 1.165) is 12.0 Å². The van der Waals surface area contributed by atoms with Crippen molar-refractivity contribution in [2.24, 2.45) is 5.92 Å². The van der Waals surface area contributed by atoms with Crippen molar-refractivity contribution in [2.75, 3.05) is 6.61 Å². The van der Waals surface area contributed by atoms with Crippen LogP contribution in [0.5, 0.6) is 5.75 Å². The number of halogens is 1. The molecule has 0 aliphatic carbocycles. The molecule has 2 heteroatoms. The summed E-state index contributed by atoms with van der Waals surface area (Å²) in [5.74, 6) is 0.674. The molecule has 1 rings (SSSR count). The molecule has 0 amide bonds. The Hall–Kier alpha value is -1.05. The third-order valence-corrected chi connectivity index (χ3v) is 2.04. The summed E-state index contributed by atoms with van der Waals surface area (Å²) in [7, 11) is 0. The molecule has 1 aromatic carbocycles. The highest BCUT2D eigenvalue weighted by Crippen LogP contribution is 2.18. The molecule has 0 aliphatic heterocycles. The van der Waals surface area contributed by atoms with Crippen LogP contribution in [0.4, 0.5) is 4.39 Å². The van der Waals surface area contributed by atoms with Crippen LogP contribution in [0.15, 0.2) is 18.2 Å². The van der Waals surface area contributed by atoms with Crippen LogP contribution in [0.3, 0.4) is 0 Å². The number of ether oxygens (including phenoxy) is 1. The summed E-state index contributed by atoms with van der Waals surface area (Å²) in [6.07, 6.45) is 0.952. The predicted octanol–water partition coefficient (Wildman–Crippen LogP) is 3.56. The summed E-state index contributed by atoms with van der Waals surface area (Å²) in [5.41, 5.74) is 1.02. The normalized spacial score (nSPS) is 10.6. The molecule has 0 bridgehead atoms. The Bertz CT molecular complexity index is 294. The molecule has 0 aromatic heterocycles. The average Bonchev–Trinajstić information content (AvgIpc) is 2.10. The fourth-order valence-corrected chi connectivity index (χ4v) is 1.13. The van der Waals surface area contributed by atoms with Gasteiger partial charge in [0.15, 0.2) is 11.6 Å². The first-order valence-electron chi connectivity index (χ1n) is 4.98. The van der Waals surface area contributed by atoms with Crippen LogP contribution >= 0.6 is 0 Å². The lowest BCUT2D eigenvalue weighted by Gasteiger charge is -2.09. The summed E-state index contributed by atoms with van der Waals surface area (Å²) < 4.78 is 18.5. The monoisotopic (exact) mass is 196 g/mol. The maximum Gasteiger partial charge on any atom is 0.165 e. The van der Waals surface area contributed by atoms with Gasteiger partial charge in [-0.2, -0.15) is 0 Å². The van der Waals surface area contributed by atoms with Gasteiger partial charge in [0, 0.05) is 0 Å². The highest BCUT2D eigenvalue weighted by Gasteiger charge is 2.03. The molecule has 0 unspecified atom stereocenters. The van der Waals surface area contributed by atoms with Crippen molar-refractivity contribution in [1.29, 1.82) is 0 Å². The largest absolute Gasteiger partial charge is 0.490 e. The Labute approximate surface area is 84.9 Å². The van der Waals surface area contributed by atoms with Crippen molar-refractivity contribution in [3.8, 4) is 5.75 Å². The van der Waals surface area contributed by atoms with Crippen LogP contribution < -0.4 is 4.74 Å². The van der Waals surface area contributed by atoms with E-state index in [-0.39, 0.29) is 5.82 Å². The Morgan fingerprint density at radius 1 is 1.36 bits per heavy atom. The molecule has 0 saturated carbocycles. The van der Waals surface area contributed by atoms with E-state index in [4.69, 9.17) is 4.74 Å². The molecule has 0 heterocycles. The van der Waals surface area contributed by atoms with Crippen molar-refractivity contribution in [3.05, 3.63) is 29.6 Å². The topological polar surface area (TPSA) is 9.23 Å². The molecule has 0 spiro atoms. The summed E-state index contributed by atoms with van der Waals surface area (Å²) in [6.45, 7) is 6.75. The Morgan fingerprint density at radius 2 is 2.07 bits per heavy atom. The van der Waals surface area contributed by atoms with Crippen molar-refractivity contribution in [1.82, 2.24) is 0 Å². The minimum atomic E-state index is -0.278. The Balaban J connectivity index is 2.53. The highest BCUT2D eigenvalue weighted by molar-refractivity contribution is 5.29. The van der Waals surface area contributed by atoms with Gasteiger partial charge < -0.3 is 4.74 Å². The van der Waals surface area contributed by atoms with Gasteiger partial charge in [0.05, 0.1) is 6.61 Å². The van der Waals surface area contributed by atoms with Gasteiger partial charge >= 0.3 is 0 Å². The van der Waals surface area contributed by atoms with Crippen LogP contribution in [0.1, 0.15) is 25.8 Å². The van der Waals surface area contributed by atoms with Crippen LogP contribution in [-0.4, -0.2) is 6.61 Å². The van der Waals surface area contributed by atoms with Crippen LogP contribution in [0.2, 0.25) is 0 Å². The quantitative estimate of drug-likeness (QED) is 0.715. The minimum absolute atomic E-state index is 0.278. The summed E-state index contributed by atoms with van der Waals surface area (Å²) in [5, 5.41) is 0. The maximum atomic E-state index is 13.2. The molecule has 0 fully saturated rings. The van der Waals surface area contributed by atoms with Gasteiger partial charge in [-0.1, -0.05) is 19.9 Å². The third-order valence-electron chi connectivity index (χ3n) is 2.04. The molecule has 1 aromatic rings. The summed E-state index contributed by atoms with van der Waals surface area (Å²) in [4.78, 5) is 0. The van der Waals surface area contributed by atoms with E-state index in [0.29, 0.717) is 18.3 Å². The standard InChI is InChI=1S/C12H17FO/c1-9(2)6-7-14-12-8-10(3)4-5-11(12)13/h4-5,8-9H,6-7H2,1-3H3. The molecule has 0 saturated heterocycles. The van der Waals surface area contributed by atoms with Crippen LogP contribution in [0.25, 0.3) is 0 Å². The third kappa shape index (κ3) is 3.36. The molecular formula is C12H17FO. The van der Waals surface area contributed by atoms with Gasteiger partial charge in [0.1, 0.15) is 0 Å². The number of benzene rings is 1. The molecule has 0 radical (unpaired) electrons. The summed E-state index contributed by atoms with van der Waals surface area (Å²) >= 11 is 0. The first-order valence-corrected chi connectivity index (χ1v) is 4.98. The van der Waals surface area contributed by atoms with Crippen molar-refractivity contribution >= 4 is 0 Å². The van der Waals surface area contributed by atoms with Crippen LogP contribution in [-0.2, 0) is 0 Å². The lowest BCUT2D eigenvalue weighted by molar-refractivity contribution is 0.276. The molecule has 0 N–H and O–H groups in total. The van der Waals surface area contributed by atoms with E-state index >= 15 is 0 Å². The minimum Gasteiger partial charge on any atom is -0.490 e. The number of rotatable bonds is 4. The highest BCUT2D eigenvalue weighted by atomic mass is 19.1. The SMILES string of the molecule is Cc1ccc(F)c(OCCC(C)C)c1. The van der Waals surface area contributed by atoms with Crippen molar-refractivity contribution in [2.45, 2.75) is 27.2 Å². The molecule has 78 valence electrons.